The van der Waals surface area contributed by atoms with Crippen LogP contribution in [0.3, 0.4) is 0 Å². The number of nitrogens with one attached hydrogen (secondary N) is 1. The molecule has 3 rings (SSSR count). The van der Waals surface area contributed by atoms with Crippen molar-refractivity contribution in [3.63, 3.8) is 0 Å². The highest BCUT2D eigenvalue weighted by Crippen LogP contribution is 2.32. The van der Waals surface area contributed by atoms with E-state index in [4.69, 9.17) is 4.74 Å². The van der Waals surface area contributed by atoms with Crippen LogP contribution in [0.5, 0.6) is 5.75 Å². The first-order valence-corrected chi connectivity index (χ1v) is 6.89. The quantitative estimate of drug-likeness (QED) is 0.921. The number of carbonyl (C=O) groups excluding carboxylic acids is 1. The van der Waals surface area contributed by atoms with E-state index < -0.39 is 0 Å². The standard InChI is InChI=1S/C17H18N2O2/c1-11-10-12(8-9-15(11)21-3)16-18-17(20)13-6-4-5-7-14(13)19(16)2/h4-10,16H,1-3H3,(H,18,20)/t16-/m0/s1. The minimum Gasteiger partial charge on any atom is -0.496 e. The van der Waals surface area contributed by atoms with Crippen molar-refractivity contribution in [1.29, 1.82) is 0 Å². The number of anilines is 1. The second-order valence-electron chi connectivity index (χ2n) is 5.23. The molecule has 4 nitrogen and oxygen atoms in total. The molecule has 1 heterocycles. The maximum absolute atomic E-state index is 12.3. The molecule has 1 aliphatic heterocycles. The zero-order valence-electron chi connectivity index (χ0n) is 12.4. The third-order valence-electron chi connectivity index (χ3n) is 3.92. The van der Waals surface area contributed by atoms with Crippen LogP contribution < -0.4 is 15.0 Å². The highest BCUT2D eigenvalue weighted by molar-refractivity contribution is 6.01. The van der Waals surface area contributed by atoms with Gasteiger partial charge in [0, 0.05) is 7.05 Å². The number of para-hydroxylation sites is 1. The summed E-state index contributed by atoms with van der Waals surface area (Å²) < 4.78 is 5.29. The molecule has 108 valence electrons. The van der Waals surface area contributed by atoms with Crippen LogP contribution in [0.1, 0.15) is 27.7 Å². The molecule has 1 amide bonds. The predicted octanol–water partition coefficient (Wildman–Crippen LogP) is 2.88. The lowest BCUT2D eigenvalue weighted by Crippen LogP contribution is -2.44. The first-order valence-electron chi connectivity index (χ1n) is 6.89. The van der Waals surface area contributed by atoms with Gasteiger partial charge in [-0.15, -0.1) is 0 Å². The number of ether oxygens (including phenoxy) is 1. The van der Waals surface area contributed by atoms with Gasteiger partial charge in [0.05, 0.1) is 18.4 Å². The Hall–Kier alpha value is -2.49. The summed E-state index contributed by atoms with van der Waals surface area (Å²) in [5.41, 5.74) is 3.75. The normalized spacial score (nSPS) is 17.2. The minimum absolute atomic E-state index is 0.0397. The molecule has 0 bridgehead atoms. The van der Waals surface area contributed by atoms with E-state index in [1.807, 2.05) is 56.4 Å². The predicted molar refractivity (Wildman–Crippen MR) is 82.8 cm³/mol. The van der Waals surface area contributed by atoms with Crippen molar-refractivity contribution >= 4 is 11.6 Å². The number of fused-ring (bicyclic) bond motifs is 1. The molecule has 0 saturated heterocycles. The molecule has 1 aliphatic rings. The average molecular weight is 282 g/mol. The SMILES string of the molecule is COc1ccc([C@H]2NC(=O)c3ccccc3N2C)cc1C. The summed E-state index contributed by atoms with van der Waals surface area (Å²) >= 11 is 0. The zero-order chi connectivity index (χ0) is 15.0. The monoisotopic (exact) mass is 282 g/mol. The average Bonchev–Trinajstić information content (AvgIpc) is 2.51. The van der Waals surface area contributed by atoms with E-state index >= 15 is 0 Å². The lowest BCUT2D eigenvalue weighted by atomic mass is 10.0. The summed E-state index contributed by atoms with van der Waals surface area (Å²) in [6.07, 6.45) is -0.169. The van der Waals surface area contributed by atoms with Crippen molar-refractivity contribution in [1.82, 2.24) is 5.32 Å². The van der Waals surface area contributed by atoms with Gasteiger partial charge in [-0.1, -0.05) is 18.2 Å². The van der Waals surface area contributed by atoms with Crippen LogP contribution in [-0.4, -0.2) is 20.1 Å². The molecular weight excluding hydrogens is 264 g/mol. The van der Waals surface area contributed by atoms with Gasteiger partial charge in [-0.05, 0) is 42.3 Å². The maximum atomic E-state index is 12.3. The summed E-state index contributed by atoms with van der Waals surface area (Å²) in [7, 11) is 3.65. The summed E-state index contributed by atoms with van der Waals surface area (Å²) in [5, 5.41) is 3.05. The van der Waals surface area contributed by atoms with Crippen LogP contribution in [0, 0.1) is 6.92 Å². The zero-order valence-corrected chi connectivity index (χ0v) is 12.4. The molecular formula is C17H18N2O2. The third-order valence-corrected chi connectivity index (χ3v) is 3.92. The van der Waals surface area contributed by atoms with Gasteiger partial charge >= 0.3 is 0 Å². The van der Waals surface area contributed by atoms with Crippen LogP contribution in [0.4, 0.5) is 5.69 Å². The Balaban J connectivity index is 2.01. The van der Waals surface area contributed by atoms with Gasteiger partial charge in [-0.25, -0.2) is 0 Å². The highest BCUT2D eigenvalue weighted by Gasteiger charge is 2.29. The molecule has 0 aliphatic carbocycles. The first kappa shape index (κ1) is 13.5. The number of rotatable bonds is 2. The molecule has 0 aromatic heterocycles. The van der Waals surface area contributed by atoms with Gasteiger partial charge in [0.1, 0.15) is 11.9 Å². The molecule has 0 radical (unpaired) electrons. The molecule has 1 N–H and O–H groups in total. The Morgan fingerprint density at radius 2 is 1.95 bits per heavy atom. The van der Waals surface area contributed by atoms with E-state index in [0.717, 1.165) is 22.6 Å². The molecule has 2 aromatic rings. The van der Waals surface area contributed by atoms with Crippen molar-refractivity contribution in [3.05, 3.63) is 59.2 Å². The minimum atomic E-state index is -0.169. The Labute approximate surface area is 124 Å². The number of amides is 1. The smallest absolute Gasteiger partial charge is 0.255 e. The van der Waals surface area contributed by atoms with E-state index in [1.54, 1.807) is 7.11 Å². The van der Waals surface area contributed by atoms with Gasteiger partial charge in [-0.3, -0.25) is 4.79 Å². The fourth-order valence-corrected chi connectivity index (χ4v) is 2.79. The van der Waals surface area contributed by atoms with Crippen molar-refractivity contribution in [3.8, 4) is 5.75 Å². The van der Waals surface area contributed by atoms with Gasteiger partial charge in [0.25, 0.3) is 5.91 Å². The summed E-state index contributed by atoms with van der Waals surface area (Å²) in [5.74, 6) is 0.811. The molecule has 0 unspecified atom stereocenters. The van der Waals surface area contributed by atoms with E-state index in [9.17, 15) is 4.79 Å². The van der Waals surface area contributed by atoms with Crippen molar-refractivity contribution in [2.75, 3.05) is 19.1 Å². The molecule has 4 heteroatoms. The number of methoxy groups -OCH3 is 1. The van der Waals surface area contributed by atoms with Crippen molar-refractivity contribution in [2.24, 2.45) is 0 Å². The van der Waals surface area contributed by atoms with Gasteiger partial charge < -0.3 is 15.0 Å². The second-order valence-corrected chi connectivity index (χ2v) is 5.23. The van der Waals surface area contributed by atoms with Crippen LogP contribution >= 0.6 is 0 Å². The topological polar surface area (TPSA) is 41.6 Å². The molecule has 0 fully saturated rings. The molecule has 0 spiro atoms. The Bertz CT molecular complexity index is 697. The van der Waals surface area contributed by atoms with Crippen LogP contribution in [-0.2, 0) is 0 Å². The van der Waals surface area contributed by atoms with Crippen LogP contribution in [0.2, 0.25) is 0 Å². The number of carbonyl (C=O) groups is 1. The summed E-state index contributed by atoms with van der Waals surface area (Å²) in [6.45, 7) is 2.00. The lowest BCUT2D eigenvalue weighted by molar-refractivity contribution is 0.0928. The number of hydrogen-bond donors (Lipinski definition) is 1. The number of benzene rings is 2. The van der Waals surface area contributed by atoms with Gasteiger partial charge in [0.2, 0.25) is 0 Å². The fourth-order valence-electron chi connectivity index (χ4n) is 2.79. The molecule has 0 saturated carbocycles. The van der Waals surface area contributed by atoms with E-state index in [-0.39, 0.29) is 12.1 Å². The number of aryl methyl sites for hydroxylation is 1. The largest absolute Gasteiger partial charge is 0.496 e. The van der Waals surface area contributed by atoms with E-state index in [1.165, 1.54) is 0 Å². The molecule has 21 heavy (non-hydrogen) atoms. The number of hydrogen-bond acceptors (Lipinski definition) is 3. The second kappa shape index (κ2) is 5.13. The highest BCUT2D eigenvalue weighted by atomic mass is 16.5. The fraction of sp³-hybridized carbons (Fsp3) is 0.235. The van der Waals surface area contributed by atoms with Crippen LogP contribution in [0.15, 0.2) is 42.5 Å². The summed E-state index contributed by atoms with van der Waals surface area (Å²) in [4.78, 5) is 14.3. The Kier molecular flexibility index (Phi) is 3.29. The van der Waals surface area contributed by atoms with Crippen molar-refractivity contribution in [2.45, 2.75) is 13.1 Å². The lowest BCUT2D eigenvalue weighted by Gasteiger charge is -2.36. The van der Waals surface area contributed by atoms with Crippen LogP contribution in [0.25, 0.3) is 0 Å². The van der Waals surface area contributed by atoms with Gasteiger partial charge in [0.15, 0.2) is 0 Å². The third kappa shape index (κ3) is 2.23. The van der Waals surface area contributed by atoms with Crippen molar-refractivity contribution < 1.29 is 9.53 Å². The Morgan fingerprint density at radius 3 is 2.67 bits per heavy atom. The van der Waals surface area contributed by atoms with E-state index in [0.29, 0.717) is 5.56 Å². The maximum Gasteiger partial charge on any atom is 0.255 e. The molecule has 1 atom stereocenters. The van der Waals surface area contributed by atoms with Gasteiger partial charge in [-0.2, -0.15) is 0 Å². The number of nitrogens with zero attached hydrogens (tertiary/aromatic N) is 1. The van der Waals surface area contributed by atoms with E-state index in [2.05, 4.69) is 10.2 Å². The Morgan fingerprint density at radius 1 is 1.19 bits per heavy atom. The molecule has 2 aromatic carbocycles. The summed E-state index contributed by atoms with van der Waals surface area (Å²) in [6, 6.07) is 13.6. The first-order chi connectivity index (χ1) is 10.1.